The van der Waals surface area contributed by atoms with Crippen LogP contribution in [0.2, 0.25) is 10.0 Å². The molecule has 3 aromatic rings. The second kappa shape index (κ2) is 15.6. The molecule has 286 valence electrons. The number of halogens is 4. The molecule has 4 heterocycles. The zero-order valence-electron chi connectivity index (χ0n) is 29.4. The van der Waals surface area contributed by atoms with Gasteiger partial charge in [-0.25, -0.2) is 23.4 Å². The van der Waals surface area contributed by atoms with Gasteiger partial charge in [0.15, 0.2) is 11.6 Å². The fraction of sp³-hybridized carbons (Fsp3) is 0.421. The van der Waals surface area contributed by atoms with E-state index in [1.807, 2.05) is 23.1 Å². The Kier molecular flexibility index (Phi) is 10.9. The summed E-state index contributed by atoms with van der Waals surface area (Å²) in [7, 11) is 1.62. The number of ether oxygens (including phenoxy) is 2. The number of carbonyl (C=O) groups excluding carboxylic acids is 1. The molecule has 12 nitrogen and oxygen atoms in total. The molecule has 16 heteroatoms. The van der Waals surface area contributed by atoms with E-state index in [4.69, 9.17) is 37.7 Å². The van der Waals surface area contributed by atoms with Crippen LogP contribution in [0.15, 0.2) is 54.2 Å². The number of hydrogen-bond donors (Lipinski definition) is 2. The molecule has 3 fully saturated rings. The van der Waals surface area contributed by atoms with E-state index < -0.39 is 47.0 Å². The minimum atomic E-state index is -1.23. The fourth-order valence-corrected chi connectivity index (χ4v) is 8.06. The number of anilines is 1. The van der Waals surface area contributed by atoms with Crippen molar-refractivity contribution in [3.05, 3.63) is 92.6 Å². The Morgan fingerprint density at radius 3 is 2.44 bits per heavy atom. The normalized spacial score (nSPS) is 21.1. The summed E-state index contributed by atoms with van der Waals surface area (Å²) in [4.78, 5) is 50.7. The second-order valence-electron chi connectivity index (χ2n) is 14.0. The van der Waals surface area contributed by atoms with Crippen molar-refractivity contribution in [3.63, 3.8) is 0 Å². The smallest absolute Gasteiger partial charge is 0.408 e. The van der Waals surface area contributed by atoms with Crippen LogP contribution in [0.4, 0.5) is 24.2 Å². The number of hydrogen-bond acceptors (Lipinski definition) is 7. The lowest BCUT2D eigenvalue weighted by atomic mass is 9.81. The number of nitrogens with zero attached hydrogens (tertiary/aromatic N) is 5. The molecular formula is C38H39Cl2F2N5O7. The average molecular weight is 787 g/mol. The number of aromatic nitrogens is 1. The lowest BCUT2D eigenvalue weighted by Gasteiger charge is -2.49. The van der Waals surface area contributed by atoms with E-state index in [9.17, 15) is 33.4 Å². The van der Waals surface area contributed by atoms with Crippen molar-refractivity contribution >= 4 is 52.7 Å². The van der Waals surface area contributed by atoms with Gasteiger partial charge in [0.1, 0.15) is 22.8 Å². The SMILES string of the molecule is COCCc1ccc(Cl)c(CN(C(=O)C2=C(c3ccc(N4CC[C@@H](Oc5c(F)ccc(F)c5Cl)C4)nc3)C[C@@H]3CN(C(=O)O)C[C@H]2N3C(=O)O)C2CC2)c1. The summed E-state index contributed by atoms with van der Waals surface area (Å²) >= 11 is 12.6. The van der Waals surface area contributed by atoms with E-state index in [0.29, 0.717) is 54.5 Å². The molecule has 3 atom stereocenters. The van der Waals surface area contributed by atoms with Crippen molar-refractivity contribution in [3.8, 4) is 5.75 Å². The van der Waals surface area contributed by atoms with Crippen LogP contribution in [0.5, 0.6) is 5.75 Å². The van der Waals surface area contributed by atoms with Crippen LogP contribution in [-0.4, -0.2) is 112 Å². The number of benzene rings is 2. The summed E-state index contributed by atoms with van der Waals surface area (Å²) in [6.07, 6.45) is 1.52. The van der Waals surface area contributed by atoms with Gasteiger partial charge in [-0.2, -0.15) is 0 Å². The van der Waals surface area contributed by atoms with Crippen LogP contribution in [0.3, 0.4) is 0 Å². The molecule has 0 radical (unpaired) electrons. The highest BCUT2D eigenvalue weighted by atomic mass is 35.5. The standard InChI is InChI=1S/C38H39Cl2F2N5O7/c1-53-13-11-21-2-6-28(39)23(14-21)17-46(24-4-5-24)36(48)33-27(15-25-18-45(37(49)50)20-31(33)47(25)38(51)52)22-3-9-32(43-16-22)44-12-10-26(19-44)54-35-30(42)8-7-29(41)34(35)40/h2-3,6-9,14,16,24-26,31H,4-5,10-13,15,17-20H2,1H3,(H,49,50)(H,51,52)/t25-,26-,31-/m1/s1. The molecule has 1 saturated carbocycles. The summed E-state index contributed by atoms with van der Waals surface area (Å²) < 4.78 is 39.4. The minimum absolute atomic E-state index is 0.0457. The topological polar surface area (TPSA) is 136 Å². The van der Waals surface area contributed by atoms with E-state index in [0.717, 1.165) is 36.1 Å². The van der Waals surface area contributed by atoms with E-state index in [1.54, 1.807) is 30.3 Å². The average Bonchev–Trinajstić information content (AvgIpc) is 3.89. The molecule has 3 aliphatic heterocycles. The molecule has 7 rings (SSSR count). The predicted octanol–water partition coefficient (Wildman–Crippen LogP) is 6.57. The third-order valence-electron chi connectivity index (χ3n) is 10.5. The zero-order chi connectivity index (χ0) is 38.3. The van der Waals surface area contributed by atoms with E-state index in [2.05, 4.69) is 0 Å². The van der Waals surface area contributed by atoms with Crippen molar-refractivity contribution in [2.45, 2.75) is 62.9 Å². The largest absolute Gasteiger partial charge is 0.484 e. The molecule has 2 N–H and O–H groups in total. The number of piperazine rings is 1. The van der Waals surface area contributed by atoms with Crippen molar-refractivity contribution < 1.29 is 42.9 Å². The molecule has 1 aliphatic carbocycles. The van der Waals surface area contributed by atoms with Gasteiger partial charge in [0.05, 0.1) is 25.2 Å². The molecule has 0 unspecified atom stereocenters. The summed E-state index contributed by atoms with van der Waals surface area (Å²) in [5.41, 5.74) is 3.18. The maximum absolute atomic E-state index is 14.9. The first kappa shape index (κ1) is 37.6. The van der Waals surface area contributed by atoms with Crippen LogP contribution in [0.1, 0.15) is 42.4 Å². The Hall–Kier alpha value is -4.66. The molecule has 1 aromatic heterocycles. The number of fused-ring (bicyclic) bond motifs is 2. The van der Waals surface area contributed by atoms with Gasteiger partial charge in [-0.1, -0.05) is 35.3 Å². The Morgan fingerprint density at radius 2 is 1.76 bits per heavy atom. The monoisotopic (exact) mass is 785 g/mol. The Labute approximate surface area is 320 Å². The van der Waals surface area contributed by atoms with Gasteiger partial charge < -0.3 is 34.4 Å². The summed E-state index contributed by atoms with van der Waals surface area (Å²) in [5.74, 6) is -1.66. The molecule has 3 amide bonds. The lowest BCUT2D eigenvalue weighted by molar-refractivity contribution is -0.129. The third-order valence-corrected chi connectivity index (χ3v) is 11.2. The predicted molar refractivity (Wildman–Crippen MR) is 196 cm³/mol. The highest BCUT2D eigenvalue weighted by Crippen LogP contribution is 2.42. The van der Waals surface area contributed by atoms with Gasteiger partial charge in [0.25, 0.3) is 5.91 Å². The Balaban J connectivity index is 1.21. The molecule has 4 aliphatic rings. The van der Waals surface area contributed by atoms with E-state index >= 15 is 0 Å². The van der Waals surface area contributed by atoms with E-state index in [-0.39, 0.29) is 49.3 Å². The van der Waals surface area contributed by atoms with Crippen molar-refractivity contribution in [1.82, 2.24) is 19.7 Å². The lowest BCUT2D eigenvalue weighted by Crippen LogP contribution is -2.65. The number of carboxylic acid groups (broad SMARTS) is 2. The highest BCUT2D eigenvalue weighted by molar-refractivity contribution is 6.32. The molecular weight excluding hydrogens is 747 g/mol. The number of amides is 3. The van der Waals surface area contributed by atoms with Crippen molar-refractivity contribution in [1.29, 1.82) is 0 Å². The van der Waals surface area contributed by atoms with Crippen LogP contribution >= 0.6 is 23.2 Å². The summed E-state index contributed by atoms with van der Waals surface area (Å²) in [6, 6.07) is 9.30. The van der Waals surface area contributed by atoms with Gasteiger partial charge in [0, 0.05) is 62.5 Å². The van der Waals surface area contributed by atoms with Gasteiger partial charge in [-0.3, -0.25) is 9.69 Å². The molecule has 2 aromatic carbocycles. The third kappa shape index (κ3) is 7.64. The van der Waals surface area contributed by atoms with Gasteiger partial charge >= 0.3 is 12.2 Å². The maximum atomic E-state index is 14.9. The summed E-state index contributed by atoms with van der Waals surface area (Å²) in [5, 5.41) is 20.4. The molecule has 0 spiro atoms. The fourth-order valence-electron chi connectivity index (χ4n) is 7.68. The van der Waals surface area contributed by atoms with Crippen LogP contribution in [0.25, 0.3) is 5.57 Å². The second-order valence-corrected chi connectivity index (χ2v) is 14.8. The number of pyridine rings is 1. The summed E-state index contributed by atoms with van der Waals surface area (Å²) in [6.45, 7) is 1.30. The van der Waals surface area contributed by atoms with Gasteiger partial charge in [-0.05, 0) is 78.3 Å². The number of rotatable bonds is 11. The quantitative estimate of drug-likeness (QED) is 0.207. The van der Waals surface area contributed by atoms with Gasteiger partial charge in [-0.15, -0.1) is 0 Å². The Morgan fingerprint density at radius 1 is 0.981 bits per heavy atom. The van der Waals surface area contributed by atoms with Crippen molar-refractivity contribution in [2.24, 2.45) is 0 Å². The minimum Gasteiger partial charge on any atom is -0.484 e. The van der Waals surface area contributed by atoms with Crippen LogP contribution < -0.4 is 9.64 Å². The molecule has 2 saturated heterocycles. The van der Waals surface area contributed by atoms with Crippen LogP contribution in [0, 0.1) is 11.6 Å². The van der Waals surface area contributed by atoms with E-state index in [1.165, 1.54) is 9.80 Å². The maximum Gasteiger partial charge on any atom is 0.408 e. The highest BCUT2D eigenvalue weighted by Gasteiger charge is 2.49. The number of carbonyl (C=O) groups is 3. The zero-order valence-corrected chi connectivity index (χ0v) is 30.9. The van der Waals surface area contributed by atoms with Crippen LogP contribution in [-0.2, 0) is 22.5 Å². The molecule has 54 heavy (non-hydrogen) atoms. The van der Waals surface area contributed by atoms with Gasteiger partial charge in [0.2, 0.25) is 0 Å². The molecule has 2 bridgehead atoms. The Bertz CT molecular complexity index is 1980. The number of methoxy groups -OCH3 is 1. The first-order valence-electron chi connectivity index (χ1n) is 17.7. The first-order chi connectivity index (χ1) is 25.9. The first-order valence-corrected chi connectivity index (χ1v) is 18.5. The van der Waals surface area contributed by atoms with Crippen molar-refractivity contribution in [2.75, 3.05) is 44.8 Å².